The topological polar surface area (TPSA) is 73.2 Å². The Balaban J connectivity index is 1.39. The molecule has 0 saturated carbocycles. The van der Waals surface area contributed by atoms with E-state index >= 15 is 0 Å². The van der Waals surface area contributed by atoms with Gasteiger partial charge in [-0.3, -0.25) is 4.79 Å². The highest BCUT2D eigenvalue weighted by Crippen LogP contribution is 2.30. The molecule has 0 fully saturated rings. The fourth-order valence-corrected chi connectivity index (χ4v) is 4.25. The zero-order chi connectivity index (χ0) is 21.1. The number of benzene rings is 2. The van der Waals surface area contributed by atoms with Gasteiger partial charge < -0.3 is 10.1 Å². The molecule has 7 heteroatoms. The summed E-state index contributed by atoms with van der Waals surface area (Å²) in [6.45, 7) is 4.20. The van der Waals surface area contributed by atoms with Crippen LogP contribution in [0.3, 0.4) is 0 Å². The quantitative estimate of drug-likeness (QED) is 0.374. The maximum absolute atomic E-state index is 12.6. The molecule has 0 radical (unpaired) electrons. The molecular weight excluding hydrogens is 398 g/mol. The molecule has 4 rings (SSSR count). The van der Waals surface area contributed by atoms with Crippen molar-refractivity contribution in [3.63, 3.8) is 0 Å². The summed E-state index contributed by atoms with van der Waals surface area (Å²) >= 11 is 1.39. The number of rotatable bonds is 6. The molecule has 152 valence electrons. The fourth-order valence-electron chi connectivity index (χ4n) is 3.15. The Morgan fingerprint density at radius 3 is 2.63 bits per heavy atom. The minimum Gasteiger partial charge on any atom is -0.460 e. The molecule has 0 saturated heterocycles. The number of fused-ring (bicyclic) bond motifs is 1. The first-order chi connectivity index (χ1) is 14.5. The maximum Gasteiger partial charge on any atom is 0.338 e. The van der Waals surface area contributed by atoms with Gasteiger partial charge in [0.15, 0.2) is 0 Å². The third-order valence-corrected chi connectivity index (χ3v) is 5.75. The highest BCUT2D eigenvalue weighted by molar-refractivity contribution is 7.20. The van der Waals surface area contributed by atoms with Crippen molar-refractivity contribution in [2.75, 3.05) is 13.2 Å². The first kappa shape index (κ1) is 19.8. The van der Waals surface area contributed by atoms with Crippen LogP contribution < -0.4 is 5.32 Å². The largest absolute Gasteiger partial charge is 0.460 e. The second-order valence-electron chi connectivity index (χ2n) is 6.92. The second kappa shape index (κ2) is 8.51. The fraction of sp³-hybridized carbons (Fsp3) is 0.174. The van der Waals surface area contributed by atoms with Crippen LogP contribution in [0.2, 0.25) is 0 Å². The Morgan fingerprint density at radius 2 is 1.87 bits per heavy atom. The number of thiophene rings is 1. The van der Waals surface area contributed by atoms with E-state index in [-0.39, 0.29) is 19.1 Å². The number of aromatic nitrogens is 2. The van der Waals surface area contributed by atoms with Gasteiger partial charge in [0.05, 0.1) is 28.4 Å². The van der Waals surface area contributed by atoms with Gasteiger partial charge in [0.2, 0.25) is 0 Å². The number of hydrogen-bond donors (Lipinski definition) is 1. The zero-order valence-electron chi connectivity index (χ0n) is 16.7. The van der Waals surface area contributed by atoms with Crippen LogP contribution in [0.15, 0.2) is 60.7 Å². The summed E-state index contributed by atoms with van der Waals surface area (Å²) in [6, 6.07) is 18.9. The summed E-state index contributed by atoms with van der Waals surface area (Å²) in [5, 5.41) is 8.36. The number of carbonyl (C=O) groups is 2. The number of ether oxygens (including phenoxy) is 1. The van der Waals surface area contributed by atoms with Crippen LogP contribution in [0.25, 0.3) is 15.9 Å². The van der Waals surface area contributed by atoms with Crippen LogP contribution in [-0.2, 0) is 4.74 Å². The number of esters is 1. The summed E-state index contributed by atoms with van der Waals surface area (Å²) in [7, 11) is 0. The number of para-hydroxylation sites is 1. The average molecular weight is 420 g/mol. The second-order valence-corrected chi connectivity index (χ2v) is 7.95. The molecular formula is C23H21N3O3S. The molecule has 2 heterocycles. The molecule has 0 unspecified atom stereocenters. The number of hydrogen-bond acceptors (Lipinski definition) is 5. The van der Waals surface area contributed by atoms with Crippen LogP contribution in [0.5, 0.6) is 0 Å². The van der Waals surface area contributed by atoms with Crippen molar-refractivity contribution in [1.29, 1.82) is 0 Å². The first-order valence-corrected chi connectivity index (χ1v) is 10.4. The highest BCUT2D eigenvalue weighted by atomic mass is 32.1. The molecule has 0 aliphatic carbocycles. The average Bonchev–Trinajstić information content (AvgIpc) is 3.32. The van der Waals surface area contributed by atoms with Gasteiger partial charge in [-0.15, -0.1) is 11.3 Å². The molecule has 0 aliphatic heterocycles. The van der Waals surface area contributed by atoms with Crippen LogP contribution in [-0.4, -0.2) is 34.8 Å². The van der Waals surface area contributed by atoms with E-state index in [2.05, 4.69) is 10.4 Å². The summed E-state index contributed by atoms with van der Waals surface area (Å²) in [5.74, 6) is -0.588. The molecule has 2 aromatic carbocycles. The van der Waals surface area contributed by atoms with Crippen molar-refractivity contribution in [3.05, 3.63) is 82.4 Å². The monoisotopic (exact) mass is 419 g/mol. The molecule has 6 nitrogen and oxygen atoms in total. The lowest BCUT2D eigenvalue weighted by molar-refractivity contribution is 0.0503. The number of carbonyl (C=O) groups excluding carboxylic acids is 2. The van der Waals surface area contributed by atoms with Gasteiger partial charge in [-0.2, -0.15) is 5.10 Å². The van der Waals surface area contributed by atoms with E-state index < -0.39 is 5.97 Å². The van der Waals surface area contributed by atoms with E-state index in [1.165, 1.54) is 11.3 Å². The van der Waals surface area contributed by atoms with E-state index in [0.717, 1.165) is 27.2 Å². The summed E-state index contributed by atoms with van der Waals surface area (Å²) in [5.41, 5.74) is 3.32. The lowest BCUT2D eigenvalue weighted by Gasteiger charge is -2.06. The minimum atomic E-state index is -0.395. The van der Waals surface area contributed by atoms with E-state index in [9.17, 15) is 9.59 Å². The molecule has 30 heavy (non-hydrogen) atoms. The molecule has 1 N–H and O–H groups in total. The van der Waals surface area contributed by atoms with Gasteiger partial charge in [-0.05, 0) is 44.2 Å². The van der Waals surface area contributed by atoms with E-state index in [1.54, 1.807) is 12.1 Å². The van der Waals surface area contributed by atoms with Crippen molar-refractivity contribution in [3.8, 4) is 5.69 Å². The standard InChI is InChI=1S/C23H21N3O3S/c1-15-7-6-8-17(13-15)23(28)29-12-11-24-21(27)20-14-19-16(2)25-26(22(19)30-20)18-9-4-3-5-10-18/h3-10,13-14H,11-12H2,1-2H3,(H,24,27). The SMILES string of the molecule is Cc1cccc(C(=O)OCCNC(=O)c2cc3c(C)nn(-c4ccccc4)c3s2)c1. The van der Waals surface area contributed by atoms with E-state index in [4.69, 9.17) is 4.74 Å². The van der Waals surface area contributed by atoms with E-state index in [1.807, 2.05) is 67.1 Å². The van der Waals surface area contributed by atoms with Crippen LogP contribution >= 0.6 is 11.3 Å². The molecule has 0 spiro atoms. The molecule has 1 amide bonds. The van der Waals surface area contributed by atoms with Crippen LogP contribution in [0.4, 0.5) is 0 Å². The molecule has 4 aromatic rings. The highest BCUT2D eigenvalue weighted by Gasteiger charge is 2.17. The van der Waals surface area contributed by atoms with Gasteiger partial charge in [-0.25, -0.2) is 9.48 Å². The predicted molar refractivity (Wildman–Crippen MR) is 117 cm³/mol. The lowest BCUT2D eigenvalue weighted by Crippen LogP contribution is -2.27. The van der Waals surface area contributed by atoms with Crippen molar-refractivity contribution in [2.45, 2.75) is 13.8 Å². The number of nitrogens with one attached hydrogen (secondary N) is 1. The van der Waals surface area contributed by atoms with Gasteiger partial charge in [0, 0.05) is 5.39 Å². The van der Waals surface area contributed by atoms with Gasteiger partial charge in [0.1, 0.15) is 11.4 Å². The van der Waals surface area contributed by atoms with Crippen LogP contribution in [0, 0.1) is 13.8 Å². The van der Waals surface area contributed by atoms with Crippen molar-refractivity contribution in [1.82, 2.24) is 15.1 Å². The van der Waals surface area contributed by atoms with Crippen molar-refractivity contribution < 1.29 is 14.3 Å². The Labute approximate surface area is 178 Å². The van der Waals surface area contributed by atoms with Crippen LogP contribution in [0.1, 0.15) is 31.3 Å². The Kier molecular flexibility index (Phi) is 5.63. The van der Waals surface area contributed by atoms with Gasteiger partial charge >= 0.3 is 5.97 Å². The van der Waals surface area contributed by atoms with Crippen molar-refractivity contribution in [2.24, 2.45) is 0 Å². The third kappa shape index (κ3) is 4.11. The molecule has 0 aliphatic rings. The molecule has 2 aromatic heterocycles. The van der Waals surface area contributed by atoms with E-state index in [0.29, 0.717) is 10.4 Å². The minimum absolute atomic E-state index is 0.111. The van der Waals surface area contributed by atoms with Gasteiger partial charge in [-0.1, -0.05) is 35.9 Å². The normalized spacial score (nSPS) is 10.9. The Morgan fingerprint density at radius 1 is 1.07 bits per heavy atom. The molecule has 0 bridgehead atoms. The lowest BCUT2D eigenvalue weighted by atomic mass is 10.1. The third-order valence-electron chi connectivity index (χ3n) is 4.64. The number of nitrogens with zero attached hydrogens (tertiary/aromatic N) is 2. The maximum atomic E-state index is 12.6. The summed E-state index contributed by atoms with van der Waals surface area (Å²) in [6.07, 6.45) is 0. The van der Waals surface area contributed by atoms with Gasteiger partial charge in [0.25, 0.3) is 5.91 Å². The Hall–Kier alpha value is -3.45. The summed E-state index contributed by atoms with van der Waals surface area (Å²) in [4.78, 5) is 26.1. The number of amides is 1. The first-order valence-electron chi connectivity index (χ1n) is 9.59. The number of aryl methyl sites for hydroxylation is 2. The smallest absolute Gasteiger partial charge is 0.338 e. The van der Waals surface area contributed by atoms with Crippen molar-refractivity contribution >= 4 is 33.4 Å². The predicted octanol–water partition coefficient (Wildman–Crippen LogP) is 4.29. The Bertz CT molecular complexity index is 1210. The summed E-state index contributed by atoms with van der Waals surface area (Å²) < 4.78 is 7.10. The molecule has 0 atom stereocenters. The zero-order valence-corrected chi connectivity index (χ0v) is 17.5.